The molecule has 7 nitrogen and oxygen atoms in total. The molecule has 1 aliphatic heterocycles. The van der Waals surface area contributed by atoms with Gasteiger partial charge in [-0.05, 0) is 19.4 Å². The van der Waals surface area contributed by atoms with Gasteiger partial charge >= 0.3 is 6.18 Å². The molecule has 0 spiro atoms. The quantitative estimate of drug-likeness (QED) is 0.480. The van der Waals surface area contributed by atoms with Crippen LogP contribution in [0.1, 0.15) is 35.6 Å². The fourth-order valence-electron chi connectivity index (χ4n) is 3.56. The molecule has 3 aromatic rings. The van der Waals surface area contributed by atoms with Crippen LogP contribution in [0.3, 0.4) is 0 Å². The lowest BCUT2D eigenvalue weighted by Crippen LogP contribution is -2.24. The Balaban J connectivity index is 1.76. The molecule has 2 aromatic heterocycles. The van der Waals surface area contributed by atoms with Gasteiger partial charge in [0.25, 0.3) is 5.56 Å². The van der Waals surface area contributed by atoms with Gasteiger partial charge in [-0.1, -0.05) is 12.1 Å². The molecule has 0 amide bonds. The topological polar surface area (TPSA) is 89.3 Å². The summed E-state index contributed by atoms with van der Waals surface area (Å²) < 4.78 is 60.2. The lowest BCUT2D eigenvalue weighted by molar-refractivity contribution is -0.140. The van der Waals surface area contributed by atoms with E-state index < -0.39 is 29.3 Å². The number of nitrogens with zero attached hydrogens (tertiary/aromatic N) is 3. The summed E-state index contributed by atoms with van der Waals surface area (Å²) in [6, 6.07) is 3.78. The number of aryl methyl sites for hydroxylation is 1. The van der Waals surface area contributed by atoms with Gasteiger partial charge in [0.2, 0.25) is 0 Å². The lowest BCUT2D eigenvalue weighted by atomic mass is 10.1. The summed E-state index contributed by atoms with van der Waals surface area (Å²) in [5, 5.41) is 13.4. The van der Waals surface area contributed by atoms with E-state index in [-0.39, 0.29) is 28.8 Å². The van der Waals surface area contributed by atoms with Crippen LogP contribution in [-0.4, -0.2) is 32.9 Å². The fourth-order valence-corrected chi connectivity index (χ4v) is 3.56. The van der Waals surface area contributed by atoms with E-state index in [4.69, 9.17) is 4.74 Å². The maximum absolute atomic E-state index is 14.4. The molecule has 1 aliphatic rings. The minimum atomic E-state index is -4.91. The van der Waals surface area contributed by atoms with E-state index >= 15 is 0 Å². The number of aliphatic hydroxyl groups excluding tert-OH is 1. The highest BCUT2D eigenvalue weighted by Crippen LogP contribution is 2.34. The SMILES string of the molecule is Cc1nc(N[C@H](O)c2cccc(C(F)(F)F)c2F)c2cn([C@@H]3CCOC3)c(=O)cc2n1. The van der Waals surface area contributed by atoms with Crippen LogP contribution in [0, 0.1) is 12.7 Å². The molecule has 1 aromatic carbocycles. The molecular formula is C20H18F4N4O3. The summed E-state index contributed by atoms with van der Waals surface area (Å²) in [6.45, 7) is 2.43. The number of pyridine rings is 1. The number of hydrogen-bond acceptors (Lipinski definition) is 6. The molecule has 0 aliphatic carbocycles. The second kappa shape index (κ2) is 7.89. The smallest absolute Gasteiger partial charge is 0.379 e. The molecule has 2 N–H and O–H groups in total. The highest BCUT2D eigenvalue weighted by Gasteiger charge is 2.35. The first-order valence-electron chi connectivity index (χ1n) is 9.43. The number of aromatic nitrogens is 3. The van der Waals surface area contributed by atoms with Crippen LogP contribution >= 0.6 is 0 Å². The number of anilines is 1. The minimum Gasteiger partial charge on any atom is -0.379 e. The van der Waals surface area contributed by atoms with E-state index in [1.165, 1.54) is 16.8 Å². The van der Waals surface area contributed by atoms with Crippen LogP contribution in [0.4, 0.5) is 23.4 Å². The zero-order valence-corrected chi connectivity index (χ0v) is 16.3. The summed E-state index contributed by atoms with van der Waals surface area (Å²) in [6.07, 6.45) is -4.58. The Bertz CT molecular complexity index is 1190. The van der Waals surface area contributed by atoms with Crippen LogP contribution in [-0.2, 0) is 10.9 Å². The monoisotopic (exact) mass is 438 g/mol. The number of ether oxygens (including phenoxy) is 1. The summed E-state index contributed by atoms with van der Waals surface area (Å²) in [7, 11) is 0. The number of aliphatic hydroxyl groups is 1. The van der Waals surface area contributed by atoms with Crippen molar-refractivity contribution in [1.82, 2.24) is 14.5 Å². The summed E-state index contributed by atoms with van der Waals surface area (Å²) >= 11 is 0. The molecular weight excluding hydrogens is 420 g/mol. The first-order valence-corrected chi connectivity index (χ1v) is 9.43. The van der Waals surface area contributed by atoms with Gasteiger partial charge in [0, 0.05) is 24.4 Å². The fraction of sp³-hybridized carbons (Fsp3) is 0.350. The third-order valence-electron chi connectivity index (χ3n) is 5.07. The van der Waals surface area contributed by atoms with E-state index in [0.29, 0.717) is 31.1 Å². The van der Waals surface area contributed by atoms with E-state index in [1.54, 1.807) is 6.92 Å². The Labute approximate surface area is 173 Å². The van der Waals surface area contributed by atoms with Gasteiger partial charge < -0.3 is 19.7 Å². The van der Waals surface area contributed by atoms with E-state index in [9.17, 15) is 27.5 Å². The van der Waals surface area contributed by atoms with Crippen LogP contribution in [0.15, 0.2) is 35.3 Å². The number of rotatable bonds is 4. The van der Waals surface area contributed by atoms with Crippen LogP contribution in [0.25, 0.3) is 10.9 Å². The molecule has 11 heteroatoms. The average Bonchev–Trinajstić information content (AvgIpc) is 3.21. The van der Waals surface area contributed by atoms with E-state index in [0.717, 1.165) is 12.1 Å². The van der Waals surface area contributed by atoms with Crippen molar-refractivity contribution in [2.24, 2.45) is 0 Å². The number of alkyl halides is 3. The molecule has 0 saturated carbocycles. The van der Waals surface area contributed by atoms with Crippen LogP contribution in [0.5, 0.6) is 0 Å². The second-order valence-corrected chi connectivity index (χ2v) is 7.21. The Morgan fingerprint density at radius 2 is 2.10 bits per heavy atom. The molecule has 31 heavy (non-hydrogen) atoms. The van der Waals surface area contributed by atoms with Crippen molar-refractivity contribution in [2.45, 2.75) is 31.8 Å². The van der Waals surface area contributed by atoms with Gasteiger partial charge in [-0.25, -0.2) is 14.4 Å². The maximum Gasteiger partial charge on any atom is 0.419 e. The van der Waals surface area contributed by atoms with Crippen molar-refractivity contribution in [3.63, 3.8) is 0 Å². The molecule has 1 fully saturated rings. The van der Waals surface area contributed by atoms with Crippen molar-refractivity contribution in [2.75, 3.05) is 18.5 Å². The molecule has 4 rings (SSSR count). The standard InChI is InChI=1S/C20H18F4N4O3/c1-10-25-15-7-16(29)28(11-5-6-31-9-11)8-13(15)18(26-10)27-19(30)12-3-2-4-14(17(12)21)20(22,23)24/h2-4,7-8,11,19,30H,5-6,9H2,1H3,(H,25,26,27)/t11-,19-/m1/s1. The highest BCUT2D eigenvalue weighted by molar-refractivity contribution is 5.88. The molecule has 164 valence electrons. The number of benzene rings is 1. The first kappa shape index (κ1) is 21.2. The van der Waals surface area contributed by atoms with E-state index in [2.05, 4.69) is 15.3 Å². The summed E-state index contributed by atoms with van der Waals surface area (Å²) in [4.78, 5) is 20.9. The van der Waals surface area contributed by atoms with Crippen molar-refractivity contribution in [1.29, 1.82) is 0 Å². The van der Waals surface area contributed by atoms with E-state index in [1.807, 2.05) is 0 Å². The highest BCUT2D eigenvalue weighted by atomic mass is 19.4. The summed E-state index contributed by atoms with van der Waals surface area (Å²) in [5.41, 5.74) is -2.08. The Morgan fingerprint density at radius 1 is 1.32 bits per heavy atom. The molecule has 1 saturated heterocycles. The van der Waals surface area contributed by atoms with Gasteiger partial charge in [-0.3, -0.25) is 4.79 Å². The Kier molecular flexibility index (Phi) is 5.40. The molecule has 0 unspecified atom stereocenters. The van der Waals surface area contributed by atoms with Crippen LogP contribution in [0.2, 0.25) is 0 Å². The maximum atomic E-state index is 14.4. The summed E-state index contributed by atoms with van der Waals surface area (Å²) in [5.74, 6) is -1.27. The van der Waals surface area contributed by atoms with Crippen molar-refractivity contribution in [3.8, 4) is 0 Å². The predicted molar refractivity (Wildman–Crippen MR) is 103 cm³/mol. The largest absolute Gasteiger partial charge is 0.419 e. The third-order valence-corrected chi connectivity index (χ3v) is 5.07. The van der Waals surface area contributed by atoms with Crippen molar-refractivity contribution < 1.29 is 27.4 Å². The number of fused-ring (bicyclic) bond motifs is 1. The Morgan fingerprint density at radius 3 is 2.77 bits per heavy atom. The number of nitrogens with one attached hydrogen (secondary N) is 1. The number of hydrogen-bond donors (Lipinski definition) is 2. The average molecular weight is 438 g/mol. The van der Waals surface area contributed by atoms with Crippen LogP contribution < -0.4 is 10.9 Å². The molecule has 3 heterocycles. The molecule has 0 radical (unpaired) electrons. The molecule has 0 bridgehead atoms. The first-order chi connectivity index (χ1) is 14.6. The second-order valence-electron chi connectivity index (χ2n) is 7.21. The van der Waals surface area contributed by atoms with Crippen molar-refractivity contribution >= 4 is 16.7 Å². The number of halogens is 4. The van der Waals surface area contributed by atoms with Gasteiger partial charge in [0.05, 0.1) is 29.1 Å². The normalized spacial score (nSPS) is 17.8. The molecule has 2 atom stereocenters. The van der Waals surface area contributed by atoms with Gasteiger partial charge in [-0.15, -0.1) is 0 Å². The minimum absolute atomic E-state index is 0.0551. The van der Waals surface area contributed by atoms with Gasteiger partial charge in [-0.2, -0.15) is 13.2 Å². The van der Waals surface area contributed by atoms with Gasteiger partial charge in [0.15, 0.2) is 6.23 Å². The zero-order chi connectivity index (χ0) is 22.3. The Hall–Kier alpha value is -3.05. The third kappa shape index (κ3) is 4.10. The predicted octanol–water partition coefficient (Wildman–Crippen LogP) is 3.32. The lowest BCUT2D eigenvalue weighted by Gasteiger charge is -2.19. The van der Waals surface area contributed by atoms with Gasteiger partial charge in [0.1, 0.15) is 17.5 Å². The zero-order valence-electron chi connectivity index (χ0n) is 16.3. The van der Waals surface area contributed by atoms with Crippen molar-refractivity contribution in [3.05, 3.63) is 63.6 Å².